The van der Waals surface area contributed by atoms with Gasteiger partial charge in [-0.1, -0.05) is 30.7 Å². The molecule has 1 aliphatic carbocycles. The lowest BCUT2D eigenvalue weighted by Gasteiger charge is -2.34. The van der Waals surface area contributed by atoms with Crippen LogP contribution in [0.2, 0.25) is 0 Å². The van der Waals surface area contributed by atoms with E-state index in [0.717, 1.165) is 60.9 Å². The van der Waals surface area contributed by atoms with Gasteiger partial charge in [0.2, 0.25) is 0 Å². The number of hydrogen-bond donors (Lipinski definition) is 0. The highest BCUT2D eigenvalue weighted by molar-refractivity contribution is 5.58. The highest BCUT2D eigenvalue weighted by Crippen LogP contribution is 2.41. The number of piperidine rings is 1. The molecular weight excluding hydrogens is 505 g/mol. The van der Waals surface area contributed by atoms with E-state index in [1.54, 1.807) is 18.5 Å². The van der Waals surface area contributed by atoms with Crippen molar-refractivity contribution in [3.8, 4) is 5.69 Å². The summed E-state index contributed by atoms with van der Waals surface area (Å²) in [6, 6.07) is 8.67. The molecule has 0 amide bonds. The van der Waals surface area contributed by atoms with E-state index >= 15 is 0 Å². The van der Waals surface area contributed by atoms with Crippen molar-refractivity contribution in [3.63, 3.8) is 0 Å². The first-order chi connectivity index (χ1) is 18.7. The van der Waals surface area contributed by atoms with Crippen molar-refractivity contribution in [2.75, 3.05) is 13.1 Å². The van der Waals surface area contributed by atoms with Crippen LogP contribution in [0.25, 0.3) is 11.2 Å². The molecule has 4 aromatic rings. The molecule has 1 saturated carbocycles. The molecule has 1 aromatic carbocycles. The van der Waals surface area contributed by atoms with Crippen molar-refractivity contribution in [3.05, 3.63) is 81.8 Å². The Morgan fingerprint density at radius 3 is 2.59 bits per heavy atom. The number of fused-ring (bicyclic) bond motifs is 1. The molecule has 4 heterocycles. The van der Waals surface area contributed by atoms with Crippen molar-refractivity contribution in [2.45, 2.75) is 64.7 Å². The number of hydrogen-bond acceptors (Lipinski definition) is 4. The molecular formula is C29H33F3N6O. The normalized spacial score (nSPS) is 19.9. The lowest BCUT2D eigenvalue weighted by atomic mass is 9.77. The molecule has 7 nitrogen and oxygen atoms in total. The number of rotatable bonds is 6. The van der Waals surface area contributed by atoms with E-state index in [-0.39, 0.29) is 11.6 Å². The first kappa shape index (κ1) is 25.9. The van der Waals surface area contributed by atoms with Gasteiger partial charge in [-0.2, -0.15) is 13.2 Å². The highest BCUT2D eigenvalue weighted by atomic mass is 19.4. The van der Waals surface area contributed by atoms with E-state index in [9.17, 15) is 18.0 Å². The lowest BCUT2D eigenvalue weighted by Crippen LogP contribution is -2.34. The number of likely N-dealkylation sites (tertiary alicyclic amines) is 1. The van der Waals surface area contributed by atoms with Crippen molar-refractivity contribution in [1.82, 2.24) is 28.9 Å². The van der Waals surface area contributed by atoms with Gasteiger partial charge in [-0.15, -0.1) is 5.10 Å². The fourth-order valence-electron chi connectivity index (χ4n) is 6.23. The molecule has 0 bridgehead atoms. The Morgan fingerprint density at radius 2 is 1.92 bits per heavy atom. The van der Waals surface area contributed by atoms with Crippen LogP contribution in [-0.2, 0) is 12.7 Å². The van der Waals surface area contributed by atoms with Gasteiger partial charge in [-0.3, -0.25) is 13.9 Å². The van der Waals surface area contributed by atoms with Gasteiger partial charge in [0.25, 0.3) is 0 Å². The molecule has 206 valence electrons. The average molecular weight is 539 g/mol. The Morgan fingerprint density at radius 1 is 1.10 bits per heavy atom. The van der Waals surface area contributed by atoms with E-state index in [2.05, 4.69) is 22.1 Å². The maximum absolute atomic E-state index is 14.2. The quantitative estimate of drug-likeness (QED) is 0.319. The Bertz CT molecular complexity index is 1550. The molecule has 0 N–H and O–H groups in total. The summed E-state index contributed by atoms with van der Waals surface area (Å²) >= 11 is 0. The number of imidazole rings is 1. The van der Waals surface area contributed by atoms with Crippen LogP contribution < -0.4 is 5.69 Å². The zero-order valence-electron chi connectivity index (χ0n) is 22.2. The van der Waals surface area contributed by atoms with E-state index in [1.165, 1.54) is 16.8 Å². The third kappa shape index (κ3) is 4.90. The topological polar surface area (TPSA) is 60.4 Å². The van der Waals surface area contributed by atoms with Crippen LogP contribution in [0.1, 0.15) is 67.5 Å². The van der Waals surface area contributed by atoms with E-state index in [0.29, 0.717) is 29.6 Å². The van der Waals surface area contributed by atoms with Gasteiger partial charge in [-0.05, 0) is 80.3 Å². The van der Waals surface area contributed by atoms with Crippen LogP contribution in [0.3, 0.4) is 0 Å². The molecule has 0 radical (unpaired) electrons. The second kappa shape index (κ2) is 9.97. The van der Waals surface area contributed by atoms with E-state index in [4.69, 9.17) is 0 Å². The lowest BCUT2D eigenvalue weighted by molar-refractivity contribution is -0.136. The number of nitrogens with zero attached hydrogens (tertiary/aromatic N) is 6. The number of pyridine rings is 1. The molecule has 0 unspecified atom stereocenters. The Kier molecular flexibility index (Phi) is 6.61. The number of benzene rings is 1. The van der Waals surface area contributed by atoms with Gasteiger partial charge < -0.3 is 0 Å². The van der Waals surface area contributed by atoms with Crippen LogP contribution in [0.5, 0.6) is 0 Å². The molecule has 2 fully saturated rings. The molecule has 1 saturated heterocycles. The van der Waals surface area contributed by atoms with Gasteiger partial charge >= 0.3 is 11.9 Å². The monoisotopic (exact) mass is 538 g/mol. The molecule has 2 atom stereocenters. The standard InChI is InChI=1S/C29H33F3N6O/c1-19-6-5-11-35(15-19)16-21-12-25(29(30,31)32)26-18-36(28(39)37(26)17-21)24-10-4-9-23(13-24)27(22-7-3-8-22)38-20(2)14-33-34-38/h4,9-10,12-14,17-19,22,27H,3,5-8,11,15-16H2,1-2H3/t19-,27+/m0/s1. The second-order valence-corrected chi connectivity index (χ2v) is 11.3. The minimum absolute atomic E-state index is 0.0433. The number of aryl methyl sites for hydroxylation is 1. The van der Waals surface area contributed by atoms with Gasteiger partial charge in [0.1, 0.15) is 0 Å². The summed E-state index contributed by atoms with van der Waals surface area (Å²) < 4.78 is 47.1. The average Bonchev–Trinajstić information content (AvgIpc) is 3.43. The number of aromatic nitrogens is 5. The first-order valence-electron chi connectivity index (χ1n) is 13.7. The fourth-order valence-corrected chi connectivity index (χ4v) is 6.23. The van der Waals surface area contributed by atoms with Crippen molar-refractivity contribution < 1.29 is 13.2 Å². The van der Waals surface area contributed by atoms with Gasteiger partial charge in [-0.25, -0.2) is 9.48 Å². The number of alkyl halides is 3. The molecule has 10 heteroatoms. The largest absolute Gasteiger partial charge is 0.418 e. The molecule has 39 heavy (non-hydrogen) atoms. The molecule has 6 rings (SSSR count). The molecule has 0 spiro atoms. The predicted octanol–water partition coefficient (Wildman–Crippen LogP) is 5.63. The zero-order chi connectivity index (χ0) is 27.3. The first-order valence-corrected chi connectivity index (χ1v) is 13.7. The number of halogens is 3. The van der Waals surface area contributed by atoms with Gasteiger partial charge in [0.15, 0.2) is 0 Å². The maximum atomic E-state index is 14.2. The van der Waals surface area contributed by atoms with Crippen LogP contribution in [0.4, 0.5) is 13.2 Å². The second-order valence-electron chi connectivity index (χ2n) is 11.3. The van der Waals surface area contributed by atoms with Crippen LogP contribution in [-0.4, -0.2) is 42.0 Å². The summed E-state index contributed by atoms with van der Waals surface area (Å²) in [5, 5.41) is 8.38. The Hall–Kier alpha value is -3.40. The summed E-state index contributed by atoms with van der Waals surface area (Å²) in [6.45, 7) is 6.20. The highest BCUT2D eigenvalue weighted by Gasteiger charge is 2.35. The summed E-state index contributed by atoms with van der Waals surface area (Å²) in [5.74, 6) is 0.896. The predicted molar refractivity (Wildman–Crippen MR) is 142 cm³/mol. The zero-order valence-corrected chi connectivity index (χ0v) is 22.2. The maximum Gasteiger partial charge on any atom is 0.418 e. The van der Waals surface area contributed by atoms with Gasteiger partial charge in [0.05, 0.1) is 34.7 Å². The Labute approximate surface area is 224 Å². The van der Waals surface area contributed by atoms with Crippen molar-refractivity contribution >= 4 is 5.52 Å². The van der Waals surface area contributed by atoms with Crippen LogP contribution in [0.15, 0.2) is 53.7 Å². The third-order valence-electron chi connectivity index (χ3n) is 8.38. The van der Waals surface area contributed by atoms with E-state index in [1.807, 2.05) is 29.8 Å². The summed E-state index contributed by atoms with van der Waals surface area (Å²) in [6.07, 6.45) is 5.46. The minimum atomic E-state index is -4.59. The molecule has 2 aliphatic rings. The summed E-state index contributed by atoms with van der Waals surface area (Å²) in [7, 11) is 0. The molecule has 3 aromatic heterocycles. The van der Waals surface area contributed by atoms with Gasteiger partial charge in [0, 0.05) is 25.5 Å². The third-order valence-corrected chi connectivity index (χ3v) is 8.38. The Balaban J connectivity index is 1.42. The summed E-state index contributed by atoms with van der Waals surface area (Å²) in [5.41, 5.74) is 1.48. The molecule has 1 aliphatic heterocycles. The minimum Gasteiger partial charge on any atom is -0.299 e. The van der Waals surface area contributed by atoms with Crippen LogP contribution >= 0.6 is 0 Å². The van der Waals surface area contributed by atoms with Crippen molar-refractivity contribution in [2.24, 2.45) is 11.8 Å². The smallest absolute Gasteiger partial charge is 0.299 e. The van der Waals surface area contributed by atoms with Crippen LogP contribution in [0, 0.1) is 18.8 Å². The fraction of sp³-hybridized carbons (Fsp3) is 0.483. The van der Waals surface area contributed by atoms with Crippen molar-refractivity contribution in [1.29, 1.82) is 0 Å². The summed E-state index contributed by atoms with van der Waals surface area (Å²) in [4.78, 5) is 15.8. The van der Waals surface area contributed by atoms with E-state index < -0.39 is 17.4 Å². The SMILES string of the molecule is Cc1cnnn1[C@@H](c1cccc(-n2cc3c(C(F)(F)F)cc(CN4CCC[C@H](C)C4)cn3c2=O)c1)C1CCC1.